The molecule has 0 aliphatic heterocycles. The van der Waals surface area contributed by atoms with Gasteiger partial charge in [-0.15, -0.1) is 11.8 Å². The Kier molecular flexibility index (Phi) is 6.16. The first-order valence-electron chi connectivity index (χ1n) is 6.90. The number of methoxy groups -OCH3 is 1. The predicted octanol–water partition coefficient (Wildman–Crippen LogP) is 4.61. The van der Waals surface area contributed by atoms with Crippen molar-refractivity contribution in [2.75, 3.05) is 12.4 Å². The Bertz CT molecular complexity index is 648. The van der Waals surface area contributed by atoms with Crippen LogP contribution in [0.4, 0.5) is 5.69 Å². The molecule has 0 heterocycles. The Balaban J connectivity index is 1.92. The molecular formula is C17H18ClNO2S. The molecular weight excluding hydrogens is 318 g/mol. The number of carbonyl (C=O) groups is 1. The largest absolute Gasteiger partial charge is 0.495 e. The highest BCUT2D eigenvalue weighted by Crippen LogP contribution is 2.25. The maximum absolute atomic E-state index is 12.3. The third-order valence-electron chi connectivity index (χ3n) is 3.12. The number of carbonyl (C=O) groups excluding carboxylic acids is 1. The van der Waals surface area contributed by atoms with Gasteiger partial charge in [-0.05, 0) is 36.8 Å². The van der Waals surface area contributed by atoms with Crippen LogP contribution >= 0.6 is 23.4 Å². The van der Waals surface area contributed by atoms with Crippen molar-refractivity contribution in [3.8, 4) is 5.75 Å². The third-order valence-corrected chi connectivity index (χ3v) is 4.57. The number of thioether (sulfide) groups is 1. The van der Waals surface area contributed by atoms with Gasteiger partial charge in [-0.25, -0.2) is 0 Å². The molecule has 2 aromatic carbocycles. The number of rotatable bonds is 6. The van der Waals surface area contributed by atoms with Gasteiger partial charge in [-0.3, -0.25) is 4.79 Å². The fourth-order valence-electron chi connectivity index (χ4n) is 1.91. The van der Waals surface area contributed by atoms with Gasteiger partial charge in [0.15, 0.2) is 0 Å². The van der Waals surface area contributed by atoms with E-state index in [0.717, 1.165) is 11.3 Å². The first-order chi connectivity index (χ1) is 10.6. The van der Waals surface area contributed by atoms with Gasteiger partial charge < -0.3 is 10.1 Å². The lowest BCUT2D eigenvalue weighted by molar-refractivity contribution is -0.115. The summed E-state index contributed by atoms with van der Waals surface area (Å²) in [5, 5.41) is 3.43. The molecule has 5 heteroatoms. The molecule has 0 saturated heterocycles. The van der Waals surface area contributed by atoms with Gasteiger partial charge >= 0.3 is 0 Å². The van der Waals surface area contributed by atoms with Gasteiger partial charge in [-0.2, -0.15) is 0 Å². The number of hydrogen-bond donors (Lipinski definition) is 1. The van der Waals surface area contributed by atoms with Crippen LogP contribution < -0.4 is 10.1 Å². The Labute approximate surface area is 140 Å². The van der Waals surface area contributed by atoms with Crippen molar-refractivity contribution in [1.82, 2.24) is 0 Å². The van der Waals surface area contributed by atoms with Gasteiger partial charge in [-0.1, -0.05) is 35.9 Å². The number of benzene rings is 2. The molecule has 1 amide bonds. The molecule has 0 bridgehead atoms. The molecule has 1 atom stereocenters. The quantitative estimate of drug-likeness (QED) is 0.837. The topological polar surface area (TPSA) is 38.3 Å². The number of para-hydroxylation sites is 2. The molecule has 2 aromatic rings. The summed E-state index contributed by atoms with van der Waals surface area (Å²) in [6.45, 7) is 1.89. The molecule has 3 nitrogen and oxygen atoms in total. The van der Waals surface area contributed by atoms with E-state index in [4.69, 9.17) is 16.3 Å². The van der Waals surface area contributed by atoms with E-state index >= 15 is 0 Å². The second kappa shape index (κ2) is 8.11. The van der Waals surface area contributed by atoms with Crippen LogP contribution in [0.3, 0.4) is 0 Å². The lowest BCUT2D eigenvalue weighted by atomic mass is 10.2. The fraction of sp³-hybridized carbons (Fsp3) is 0.235. The van der Waals surface area contributed by atoms with Gasteiger partial charge in [0.25, 0.3) is 0 Å². The molecule has 22 heavy (non-hydrogen) atoms. The van der Waals surface area contributed by atoms with Crippen molar-refractivity contribution >= 4 is 35.0 Å². The van der Waals surface area contributed by atoms with E-state index < -0.39 is 0 Å². The van der Waals surface area contributed by atoms with Gasteiger partial charge in [0.05, 0.1) is 18.0 Å². The van der Waals surface area contributed by atoms with E-state index in [2.05, 4.69) is 5.32 Å². The first kappa shape index (κ1) is 16.7. The molecule has 0 aliphatic carbocycles. The Morgan fingerprint density at radius 1 is 1.27 bits per heavy atom. The van der Waals surface area contributed by atoms with Crippen LogP contribution in [-0.4, -0.2) is 18.3 Å². The van der Waals surface area contributed by atoms with Crippen LogP contribution in [0.15, 0.2) is 48.5 Å². The SMILES string of the molecule is COc1ccccc1NC(=O)[C@H](C)SCc1cccc(Cl)c1. The highest BCUT2D eigenvalue weighted by molar-refractivity contribution is 7.99. The minimum atomic E-state index is -0.177. The summed E-state index contributed by atoms with van der Waals surface area (Å²) in [7, 11) is 1.59. The monoisotopic (exact) mass is 335 g/mol. The van der Waals surface area contributed by atoms with Crippen molar-refractivity contribution in [3.05, 3.63) is 59.1 Å². The summed E-state index contributed by atoms with van der Waals surface area (Å²) < 4.78 is 5.23. The summed E-state index contributed by atoms with van der Waals surface area (Å²) in [4.78, 5) is 12.3. The molecule has 0 spiro atoms. The minimum Gasteiger partial charge on any atom is -0.495 e. The van der Waals surface area contributed by atoms with Crippen LogP contribution in [0, 0.1) is 0 Å². The summed E-state index contributed by atoms with van der Waals surface area (Å²) in [6.07, 6.45) is 0. The zero-order valence-corrected chi connectivity index (χ0v) is 14.1. The number of anilines is 1. The highest BCUT2D eigenvalue weighted by Gasteiger charge is 2.15. The number of ether oxygens (including phenoxy) is 1. The highest BCUT2D eigenvalue weighted by atomic mass is 35.5. The summed E-state index contributed by atoms with van der Waals surface area (Å²) in [6, 6.07) is 15.0. The van der Waals surface area contributed by atoms with Crippen LogP contribution in [0.25, 0.3) is 0 Å². The number of amides is 1. The summed E-state index contributed by atoms with van der Waals surface area (Å²) in [5.41, 5.74) is 1.79. The fourth-order valence-corrected chi connectivity index (χ4v) is 2.95. The smallest absolute Gasteiger partial charge is 0.237 e. The molecule has 1 N–H and O–H groups in total. The predicted molar refractivity (Wildman–Crippen MR) is 93.8 cm³/mol. The summed E-state index contributed by atoms with van der Waals surface area (Å²) in [5.74, 6) is 1.35. The van der Waals surface area contributed by atoms with Gasteiger partial charge in [0.1, 0.15) is 5.75 Å². The van der Waals surface area contributed by atoms with E-state index in [1.165, 1.54) is 0 Å². The van der Waals surface area contributed by atoms with Crippen LogP contribution in [-0.2, 0) is 10.5 Å². The molecule has 0 unspecified atom stereocenters. The second-order valence-electron chi connectivity index (χ2n) is 4.77. The van der Waals surface area contributed by atoms with E-state index in [1.54, 1.807) is 18.9 Å². The van der Waals surface area contributed by atoms with Crippen molar-refractivity contribution in [3.63, 3.8) is 0 Å². The second-order valence-corrected chi connectivity index (χ2v) is 6.54. The minimum absolute atomic E-state index is 0.0449. The number of halogens is 1. The van der Waals surface area contributed by atoms with Crippen LogP contribution in [0.1, 0.15) is 12.5 Å². The Morgan fingerprint density at radius 2 is 2.05 bits per heavy atom. The van der Waals surface area contributed by atoms with Crippen molar-refractivity contribution in [2.24, 2.45) is 0 Å². The lowest BCUT2D eigenvalue weighted by Gasteiger charge is -2.14. The summed E-state index contributed by atoms with van der Waals surface area (Å²) >= 11 is 7.53. The maximum Gasteiger partial charge on any atom is 0.237 e. The zero-order valence-electron chi connectivity index (χ0n) is 12.5. The van der Waals surface area contributed by atoms with E-state index in [-0.39, 0.29) is 11.2 Å². The Morgan fingerprint density at radius 3 is 2.77 bits per heavy atom. The molecule has 0 aliphatic rings. The van der Waals surface area contributed by atoms with Crippen molar-refractivity contribution in [2.45, 2.75) is 17.9 Å². The molecule has 0 fully saturated rings. The van der Waals surface area contributed by atoms with Crippen LogP contribution in [0.2, 0.25) is 5.02 Å². The molecule has 116 valence electrons. The zero-order chi connectivity index (χ0) is 15.9. The third kappa shape index (κ3) is 4.68. The van der Waals surface area contributed by atoms with Gasteiger partial charge in [0, 0.05) is 10.8 Å². The molecule has 0 radical (unpaired) electrons. The van der Waals surface area contributed by atoms with E-state index in [1.807, 2.05) is 55.5 Å². The number of nitrogens with one attached hydrogen (secondary N) is 1. The molecule has 2 rings (SSSR count). The average Bonchev–Trinajstić information content (AvgIpc) is 2.53. The number of hydrogen-bond acceptors (Lipinski definition) is 3. The van der Waals surface area contributed by atoms with E-state index in [9.17, 15) is 4.79 Å². The van der Waals surface area contributed by atoms with Crippen molar-refractivity contribution < 1.29 is 9.53 Å². The van der Waals surface area contributed by atoms with E-state index in [0.29, 0.717) is 16.5 Å². The maximum atomic E-state index is 12.3. The standard InChI is InChI=1S/C17H18ClNO2S/c1-12(22-11-13-6-5-7-14(18)10-13)17(20)19-15-8-3-4-9-16(15)21-2/h3-10,12H,11H2,1-2H3,(H,19,20)/t12-/m0/s1. The Hall–Kier alpha value is -1.65. The first-order valence-corrected chi connectivity index (χ1v) is 8.32. The molecule has 0 aromatic heterocycles. The van der Waals surface area contributed by atoms with Crippen LogP contribution in [0.5, 0.6) is 5.75 Å². The molecule has 0 saturated carbocycles. The average molecular weight is 336 g/mol. The van der Waals surface area contributed by atoms with Crippen molar-refractivity contribution in [1.29, 1.82) is 0 Å². The normalized spacial score (nSPS) is 11.8. The van der Waals surface area contributed by atoms with Gasteiger partial charge in [0.2, 0.25) is 5.91 Å². The lowest BCUT2D eigenvalue weighted by Crippen LogP contribution is -2.22.